The minimum atomic E-state index is 0.126. The zero-order valence-corrected chi connectivity index (χ0v) is 15.5. The summed E-state index contributed by atoms with van der Waals surface area (Å²) in [6, 6.07) is 3.81. The van der Waals surface area contributed by atoms with E-state index in [1.54, 1.807) is 17.5 Å². The van der Waals surface area contributed by atoms with E-state index in [4.69, 9.17) is 0 Å². The maximum atomic E-state index is 13.0. The van der Waals surface area contributed by atoms with Crippen molar-refractivity contribution in [3.8, 4) is 0 Å². The fourth-order valence-electron chi connectivity index (χ4n) is 3.78. The highest BCUT2D eigenvalue weighted by molar-refractivity contribution is 7.11. The van der Waals surface area contributed by atoms with E-state index in [1.807, 2.05) is 23.2 Å². The topological polar surface area (TPSA) is 49.3 Å². The molecule has 0 N–H and O–H groups in total. The minimum Gasteiger partial charge on any atom is -0.357 e. The van der Waals surface area contributed by atoms with Crippen LogP contribution >= 0.6 is 11.3 Å². The van der Waals surface area contributed by atoms with Gasteiger partial charge in [0, 0.05) is 54.9 Å². The molecule has 2 saturated heterocycles. The van der Waals surface area contributed by atoms with Gasteiger partial charge in [-0.25, -0.2) is 9.97 Å². The molecule has 1 atom stereocenters. The van der Waals surface area contributed by atoms with Crippen molar-refractivity contribution in [3.63, 3.8) is 0 Å². The number of aryl methyl sites for hydroxylation is 1. The number of thiazole rings is 1. The molecule has 0 saturated carbocycles. The first-order chi connectivity index (χ1) is 12.2. The first-order valence-corrected chi connectivity index (χ1v) is 9.95. The van der Waals surface area contributed by atoms with Crippen LogP contribution in [0.1, 0.15) is 51.8 Å². The van der Waals surface area contributed by atoms with E-state index < -0.39 is 0 Å². The molecule has 25 heavy (non-hydrogen) atoms. The van der Waals surface area contributed by atoms with Gasteiger partial charge >= 0.3 is 0 Å². The number of carbonyl (C=O) groups is 1. The van der Waals surface area contributed by atoms with E-state index >= 15 is 0 Å². The van der Waals surface area contributed by atoms with E-state index in [1.165, 1.54) is 22.7 Å². The number of nitrogens with zero attached hydrogens (tertiary/aromatic N) is 4. The van der Waals surface area contributed by atoms with E-state index in [-0.39, 0.29) is 5.91 Å². The van der Waals surface area contributed by atoms with Gasteiger partial charge in [0.15, 0.2) is 0 Å². The molecule has 5 nitrogen and oxygen atoms in total. The van der Waals surface area contributed by atoms with E-state index in [0.717, 1.165) is 50.4 Å². The Balaban J connectivity index is 1.49. The van der Waals surface area contributed by atoms with Crippen molar-refractivity contribution in [1.29, 1.82) is 0 Å². The summed E-state index contributed by atoms with van der Waals surface area (Å²) in [5.74, 6) is 1.43. The van der Waals surface area contributed by atoms with Crippen LogP contribution in [0.2, 0.25) is 0 Å². The molecule has 4 heterocycles. The lowest BCUT2D eigenvalue weighted by Crippen LogP contribution is -2.39. The van der Waals surface area contributed by atoms with E-state index in [9.17, 15) is 4.79 Å². The summed E-state index contributed by atoms with van der Waals surface area (Å²) in [4.78, 5) is 27.5. The highest BCUT2D eigenvalue weighted by Gasteiger charge is 2.27. The third-order valence-electron chi connectivity index (χ3n) is 5.12. The van der Waals surface area contributed by atoms with Gasteiger partial charge in [-0.15, -0.1) is 11.3 Å². The summed E-state index contributed by atoms with van der Waals surface area (Å²) in [7, 11) is 0. The van der Waals surface area contributed by atoms with Crippen molar-refractivity contribution < 1.29 is 4.79 Å². The molecule has 2 fully saturated rings. The molecular formula is C19H24N4OS. The molecule has 0 unspecified atom stereocenters. The largest absolute Gasteiger partial charge is 0.357 e. The molecule has 2 aliphatic heterocycles. The molecule has 0 bridgehead atoms. The van der Waals surface area contributed by atoms with Gasteiger partial charge in [0.25, 0.3) is 5.91 Å². The Kier molecular flexibility index (Phi) is 4.70. The van der Waals surface area contributed by atoms with Crippen molar-refractivity contribution in [2.45, 2.75) is 38.5 Å². The van der Waals surface area contributed by atoms with Crippen molar-refractivity contribution in [2.75, 3.05) is 31.1 Å². The van der Waals surface area contributed by atoms with Crippen LogP contribution in [0.25, 0.3) is 0 Å². The Morgan fingerprint density at radius 2 is 2.04 bits per heavy atom. The predicted octanol–water partition coefficient (Wildman–Crippen LogP) is 3.47. The molecule has 1 amide bonds. The highest BCUT2D eigenvalue weighted by atomic mass is 32.1. The molecule has 0 aliphatic carbocycles. The molecule has 0 spiro atoms. The smallest absolute Gasteiger partial charge is 0.254 e. The Bertz CT molecular complexity index is 753. The molecule has 2 aromatic heterocycles. The zero-order chi connectivity index (χ0) is 17.2. The Morgan fingerprint density at radius 3 is 2.80 bits per heavy atom. The molecule has 2 aromatic rings. The number of aromatic nitrogens is 2. The lowest BCUT2D eigenvalue weighted by molar-refractivity contribution is 0.0707. The summed E-state index contributed by atoms with van der Waals surface area (Å²) in [5, 5.41) is 1.17. The first kappa shape index (κ1) is 16.5. The van der Waals surface area contributed by atoms with Crippen LogP contribution in [0, 0.1) is 6.92 Å². The second-order valence-electron chi connectivity index (χ2n) is 7.00. The predicted molar refractivity (Wildman–Crippen MR) is 100 cm³/mol. The van der Waals surface area contributed by atoms with Gasteiger partial charge in [-0.2, -0.15) is 0 Å². The minimum absolute atomic E-state index is 0.126. The van der Waals surface area contributed by atoms with Crippen LogP contribution in [0.3, 0.4) is 0 Å². The quantitative estimate of drug-likeness (QED) is 0.845. The Morgan fingerprint density at radius 1 is 1.20 bits per heavy atom. The van der Waals surface area contributed by atoms with Gasteiger partial charge in [0.1, 0.15) is 5.82 Å². The molecule has 0 radical (unpaired) electrons. The van der Waals surface area contributed by atoms with Crippen LogP contribution in [0.15, 0.2) is 24.5 Å². The van der Waals surface area contributed by atoms with Crippen molar-refractivity contribution in [2.24, 2.45) is 0 Å². The molecule has 0 aromatic carbocycles. The number of pyridine rings is 1. The van der Waals surface area contributed by atoms with E-state index in [0.29, 0.717) is 5.92 Å². The third kappa shape index (κ3) is 3.54. The number of amides is 1. The Hall–Kier alpha value is -1.95. The summed E-state index contributed by atoms with van der Waals surface area (Å²) >= 11 is 1.76. The van der Waals surface area contributed by atoms with Gasteiger partial charge in [0.05, 0.1) is 5.01 Å². The summed E-state index contributed by atoms with van der Waals surface area (Å²) in [6.45, 7) is 5.78. The van der Waals surface area contributed by atoms with Crippen molar-refractivity contribution >= 4 is 23.1 Å². The monoisotopic (exact) mass is 356 g/mol. The number of carbonyl (C=O) groups excluding carboxylic acids is 1. The molecule has 2 aliphatic rings. The normalized spacial score (nSPS) is 20.9. The lowest BCUT2D eigenvalue weighted by Gasteiger charge is -2.32. The number of hydrogen-bond acceptors (Lipinski definition) is 5. The Labute approximate surface area is 152 Å². The van der Waals surface area contributed by atoms with Crippen LogP contribution in [-0.2, 0) is 0 Å². The number of hydrogen-bond donors (Lipinski definition) is 0. The average Bonchev–Trinajstić information content (AvgIpc) is 3.33. The molecular weight excluding hydrogens is 332 g/mol. The van der Waals surface area contributed by atoms with Gasteiger partial charge in [-0.05, 0) is 44.7 Å². The van der Waals surface area contributed by atoms with Crippen LogP contribution in [0.5, 0.6) is 0 Å². The molecule has 132 valence electrons. The maximum absolute atomic E-state index is 13.0. The standard InChI is InChI=1S/C19H24N4OS/c1-14-12-21-18(25-14)16-5-4-10-23(13-16)19(24)15-6-7-20-17(11-15)22-8-2-3-9-22/h6-7,11-12,16H,2-5,8-10,13H2,1H3/t16-/m1/s1. The zero-order valence-electron chi connectivity index (χ0n) is 14.6. The second-order valence-corrected chi connectivity index (χ2v) is 8.26. The number of piperidine rings is 1. The third-order valence-corrected chi connectivity index (χ3v) is 6.19. The second kappa shape index (κ2) is 7.12. The lowest BCUT2D eigenvalue weighted by atomic mass is 9.98. The van der Waals surface area contributed by atoms with Gasteiger partial charge < -0.3 is 9.80 Å². The van der Waals surface area contributed by atoms with Gasteiger partial charge in [0.2, 0.25) is 0 Å². The first-order valence-electron chi connectivity index (χ1n) is 9.13. The van der Waals surface area contributed by atoms with Gasteiger partial charge in [-0.3, -0.25) is 4.79 Å². The molecule has 4 rings (SSSR count). The van der Waals surface area contributed by atoms with Crippen molar-refractivity contribution in [3.05, 3.63) is 40.0 Å². The fraction of sp³-hybridized carbons (Fsp3) is 0.526. The number of anilines is 1. The van der Waals surface area contributed by atoms with Crippen LogP contribution in [0.4, 0.5) is 5.82 Å². The highest BCUT2D eigenvalue weighted by Crippen LogP contribution is 2.30. The van der Waals surface area contributed by atoms with Crippen LogP contribution < -0.4 is 4.90 Å². The summed E-state index contributed by atoms with van der Waals surface area (Å²) in [6.07, 6.45) is 8.28. The van der Waals surface area contributed by atoms with Crippen LogP contribution in [-0.4, -0.2) is 47.0 Å². The maximum Gasteiger partial charge on any atom is 0.254 e. The van der Waals surface area contributed by atoms with Gasteiger partial charge in [-0.1, -0.05) is 0 Å². The average molecular weight is 356 g/mol. The summed E-state index contributed by atoms with van der Waals surface area (Å²) < 4.78 is 0. The number of likely N-dealkylation sites (tertiary alicyclic amines) is 1. The summed E-state index contributed by atoms with van der Waals surface area (Å²) in [5.41, 5.74) is 0.757. The molecule has 6 heteroatoms. The van der Waals surface area contributed by atoms with Crippen molar-refractivity contribution in [1.82, 2.24) is 14.9 Å². The number of rotatable bonds is 3. The van der Waals surface area contributed by atoms with E-state index in [2.05, 4.69) is 21.8 Å². The fourth-order valence-corrected chi connectivity index (χ4v) is 4.68. The SMILES string of the molecule is Cc1cnc([C@@H]2CCCN(C(=O)c3ccnc(N4CCCC4)c3)C2)s1.